The number of amides is 1. The molecule has 3 rings (SSSR count). The van der Waals surface area contributed by atoms with Crippen LogP contribution in [0.3, 0.4) is 0 Å². The lowest BCUT2D eigenvalue weighted by molar-refractivity contribution is -0.137. The molecular weight excluding hydrogens is 387 g/mol. The number of ether oxygens (including phenoxy) is 1. The molecule has 9 heteroatoms. The van der Waals surface area contributed by atoms with Gasteiger partial charge in [-0.25, -0.2) is 4.98 Å². The molecule has 2 N–H and O–H groups in total. The second-order valence-corrected chi connectivity index (χ2v) is 5.99. The van der Waals surface area contributed by atoms with Crippen LogP contribution in [0.2, 0.25) is 0 Å². The Morgan fingerprint density at radius 1 is 1.07 bits per heavy atom. The molecule has 0 aliphatic rings. The fraction of sp³-hybridized carbons (Fsp3) is 0.200. The molecular formula is C20H18F3N3O3. The Hall–Kier alpha value is -3.49. The van der Waals surface area contributed by atoms with Crippen molar-refractivity contribution < 1.29 is 27.1 Å². The molecule has 0 unspecified atom stereocenters. The average Bonchev–Trinajstić information content (AvgIpc) is 3.19. The summed E-state index contributed by atoms with van der Waals surface area (Å²) in [7, 11) is 0. The summed E-state index contributed by atoms with van der Waals surface area (Å²) in [4.78, 5) is 16.0. The molecule has 6 nitrogen and oxygen atoms in total. The summed E-state index contributed by atoms with van der Waals surface area (Å²) in [5, 5.41) is 5.51. The molecule has 0 bridgehead atoms. The number of carbonyl (C=O) groups is 1. The van der Waals surface area contributed by atoms with E-state index in [2.05, 4.69) is 15.6 Å². The second-order valence-electron chi connectivity index (χ2n) is 5.99. The highest BCUT2D eigenvalue weighted by molar-refractivity contribution is 5.92. The number of hydrogen-bond acceptors (Lipinski definition) is 5. The number of carbonyl (C=O) groups excluding carboxylic acids is 1. The van der Waals surface area contributed by atoms with Crippen molar-refractivity contribution in [3.63, 3.8) is 0 Å². The number of nitrogens with zero attached hydrogens (tertiary/aromatic N) is 1. The van der Waals surface area contributed by atoms with Crippen LogP contribution in [0.4, 0.5) is 19.0 Å². The Kier molecular flexibility index (Phi) is 6.38. The van der Waals surface area contributed by atoms with E-state index in [4.69, 9.17) is 9.15 Å². The third-order valence-corrected chi connectivity index (χ3v) is 3.90. The van der Waals surface area contributed by atoms with E-state index in [1.807, 2.05) is 18.2 Å². The molecule has 2 aromatic heterocycles. The minimum Gasteiger partial charge on any atom is -0.489 e. The minimum atomic E-state index is -4.43. The summed E-state index contributed by atoms with van der Waals surface area (Å²) < 4.78 is 48.4. The first-order chi connectivity index (χ1) is 13.9. The number of rotatable bonds is 8. The third-order valence-electron chi connectivity index (χ3n) is 3.90. The summed E-state index contributed by atoms with van der Waals surface area (Å²) in [6.45, 7) is 0.679. The molecule has 152 valence electrons. The molecule has 29 heavy (non-hydrogen) atoms. The summed E-state index contributed by atoms with van der Waals surface area (Å²) >= 11 is 0. The fourth-order valence-electron chi connectivity index (χ4n) is 2.44. The Morgan fingerprint density at radius 3 is 2.55 bits per heavy atom. The van der Waals surface area contributed by atoms with Gasteiger partial charge in [-0.1, -0.05) is 18.2 Å². The van der Waals surface area contributed by atoms with Gasteiger partial charge in [-0.15, -0.1) is 0 Å². The smallest absolute Gasteiger partial charge is 0.417 e. The molecule has 0 aliphatic heterocycles. The first kappa shape index (κ1) is 20.2. The number of nitrogens with one attached hydrogen (secondary N) is 2. The first-order valence-corrected chi connectivity index (χ1v) is 8.73. The lowest BCUT2D eigenvalue weighted by Crippen LogP contribution is -2.29. The van der Waals surface area contributed by atoms with E-state index in [0.717, 1.165) is 12.3 Å². The summed E-state index contributed by atoms with van der Waals surface area (Å²) in [6.07, 6.45) is -2.27. The lowest BCUT2D eigenvalue weighted by Gasteiger charge is -2.09. The molecule has 0 radical (unpaired) electrons. The summed E-state index contributed by atoms with van der Waals surface area (Å²) in [6, 6.07) is 13.0. The van der Waals surface area contributed by atoms with E-state index in [-0.39, 0.29) is 31.3 Å². The molecule has 1 amide bonds. The van der Waals surface area contributed by atoms with Crippen LogP contribution < -0.4 is 15.4 Å². The maximum Gasteiger partial charge on any atom is 0.417 e. The van der Waals surface area contributed by atoms with Crippen molar-refractivity contribution in [2.45, 2.75) is 12.8 Å². The number of pyridine rings is 1. The predicted molar refractivity (Wildman–Crippen MR) is 99.5 cm³/mol. The van der Waals surface area contributed by atoms with Crippen LogP contribution in [0.1, 0.15) is 21.7 Å². The molecule has 3 aromatic rings. The van der Waals surface area contributed by atoms with Gasteiger partial charge in [-0.3, -0.25) is 4.79 Å². The van der Waals surface area contributed by atoms with Crippen LogP contribution in [0.25, 0.3) is 0 Å². The zero-order chi connectivity index (χ0) is 20.7. The van der Waals surface area contributed by atoms with Gasteiger partial charge in [0.05, 0.1) is 11.8 Å². The van der Waals surface area contributed by atoms with Crippen molar-refractivity contribution in [3.8, 4) is 5.75 Å². The van der Waals surface area contributed by atoms with Crippen molar-refractivity contribution in [3.05, 3.63) is 77.9 Å². The van der Waals surface area contributed by atoms with Crippen molar-refractivity contribution in [2.24, 2.45) is 0 Å². The van der Waals surface area contributed by atoms with Gasteiger partial charge in [0.15, 0.2) is 5.76 Å². The molecule has 0 atom stereocenters. The van der Waals surface area contributed by atoms with Crippen LogP contribution in [0.5, 0.6) is 5.75 Å². The molecule has 2 heterocycles. The molecule has 0 spiro atoms. The number of furan rings is 1. The van der Waals surface area contributed by atoms with Crippen LogP contribution in [0.15, 0.2) is 65.4 Å². The normalized spacial score (nSPS) is 11.1. The quantitative estimate of drug-likeness (QED) is 0.552. The lowest BCUT2D eigenvalue weighted by atomic mass is 10.2. The van der Waals surface area contributed by atoms with Gasteiger partial charge >= 0.3 is 6.18 Å². The molecule has 0 saturated carbocycles. The standard InChI is InChI=1S/C20H18F3N3O3/c21-20(22,23)15-6-7-17(26-12-15)24-9-10-25-19(27)18-14(8-11-28-18)13-29-16-4-2-1-3-5-16/h1-8,11-12H,9-10,13H2,(H,24,26)(H,25,27). The number of hydrogen-bond donors (Lipinski definition) is 2. The van der Waals surface area contributed by atoms with E-state index in [9.17, 15) is 18.0 Å². The Bertz CT molecular complexity index is 925. The zero-order valence-corrected chi connectivity index (χ0v) is 15.2. The number of para-hydroxylation sites is 1. The van der Waals surface area contributed by atoms with E-state index in [1.54, 1.807) is 18.2 Å². The predicted octanol–water partition coefficient (Wildman–Crippen LogP) is 4.11. The maximum absolute atomic E-state index is 12.5. The van der Waals surface area contributed by atoms with E-state index < -0.39 is 17.6 Å². The topological polar surface area (TPSA) is 76.4 Å². The number of anilines is 1. The van der Waals surface area contributed by atoms with Crippen LogP contribution in [0, 0.1) is 0 Å². The molecule has 1 aromatic carbocycles. The third kappa shape index (κ3) is 5.74. The molecule has 0 saturated heterocycles. The molecule has 0 fully saturated rings. The number of aromatic nitrogens is 1. The second kappa shape index (κ2) is 9.13. The van der Waals surface area contributed by atoms with Gasteiger partial charge in [0.2, 0.25) is 0 Å². The largest absolute Gasteiger partial charge is 0.489 e. The van der Waals surface area contributed by atoms with E-state index >= 15 is 0 Å². The average molecular weight is 405 g/mol. The fourth-order valence-corrected chi connectivity index (χ4v) is 2.44. The SMILES string of the molecule is O=C(NCCNc1ccc(C(F)(F)F)cn1)c1occc1COc1ccccc1. The minimum absolute atomic E-state index is 0.147. The van der Waals surface area contributed by atoms with Crippen molar-refractivity contribution >= 4 is 11.7 Å². The van der Waals surface area contributed by atoms with E-state index in [1.165, 1.54) is 12.3 Å². The van der Waals surface area contributed by atoms with Gasteiger partial charge in [-0.2, -0.15) is 13.2 Å². The highest BCUT2D eigenvalue weighted by Crippen LogP contribution is 2.28. The van der Waals surface area contributed by atoms with Gasteiger partial charge in [0, 0.05) is 24.8 Å². The summed E-state index contributed by atoms with van der Waals surface area (Å²) in [5.74, 6) is 0.688. The van der Waals surface area contributed by atoms with Gasteiger partial charge < -0.3 is 19.8 Å². The van der Waals surface area contributed by atoms with Crippen LogP contribution >= 0.6 is 0 Å². The zero-order valence-electron chi connectivity index (χ0n) is 15.2. The number of benzene rings is 1. The Balaban J connectivity index is 1.45. The van der Waals surface area contributed by atoms with Crippen molar-refractivity contribution in [1.82, 2.24) is 10.3 Å². The van der Waals surface area contributed by atoms with Crippen molar-refractivity contribution in [1.29, 1.82) is 0 Å². The van der Waals surface area contributed by atoms with Gasteiger partial charge in [0.1, 0.15) is 18.2 Å². The highest BCUT2D eigenvalue weighted by atomic mass is 19.4. The van der Waals surface area contributed by atoms with Crippen LogP contribution in [-0.4, -0.2) is 24.0 Å². The Morgan fingerprint density at radius 2 is 1.86 bits per heavy atom. The van der Waals surface area contributed by atoms with Gasteiger partial charge in [0.25, 0.3) is 5.91 Å². The number of alkyl halides is 3. The Labute approximate surface area is 164 Å². The van der Waals surface area contributed by atoms with E-state index in [0.29, 0.717) is 11.3 Å². The first-order valence-electron chi connectivity index (χ1n) is 8.73. The summed E-state index contributed by atoms with van der Waals surface area (Å²) in [5.41, 5.74) is -0.219. The molecule has 0 aliphatic carbocycles. The number of halogens is 3. The van der Waals surface area contributed by atoms with Crippen LogP contribution in [-0.2, 0) is 12.8 Å². The van der Waals surface area contributed by atoms with Crippen molar-refractivity contribution in [2.75, 3.05) is 18.4 Å². The highest BCUT2D eigenvalue weighted by Gasteiger charge is 2.30. The maximum atomic E-state index is 12.5. The van der Waals surface area contributed by atoms with Gasteiger partial charge in [-0.05, 0) is 30.3 Å². The monoisotopic (exact) mass is 405 g/mol.